The van der Waals surface area contributed by atoms with Gasteiger partial charge in [-0.25, -0.2) is 14.5 Å². The van der Waals surface area contributed by atoms with Crippen molar-refractivity contribution in [2.24, 2.45) is 0 Å². The van der Waals surface area contributed by atoms with Crippen molar-refractivity contribution in [1.29, 1.82) is 0 Å². The van der Waals surface area contributed by atoms with E-state index in [1.165, 1.54) is 18.5 Å². The second-order valence-electron chi connectivity index (χ2n) is 3.75. The van der Waals surface area contributed by atoms with Crippen LogP contribution in [0.1, 0.15) is 10.4 Å². The Balaban J connectivity index is 1.92. The fourth-order valence-electron chi connectivity index (χ4n) is 1.68. The summed E-state index contributed by atoms with van der Waals surface area (Å²) in [6, 6.07) is 7.01. The fourth-order valence-corrected chi connectivity index (χ4v) is 1.81. The number of fused-ring (bicyclic) bond motifs is 1. The van der Waals surface area contributed by atoms with Gasteiger partial charge in [0.1, 0.15) is 5.15 Å². The molecule has 7 heteroatoms. The lowest BCUT2D eigenvalue weighted by atomic mass is 10.2. The maximum absolute atomic E-state index is 12.1. The first-order chi connectivity index (χ1) is 9.24. The van der Waals surface area contributed by atoms with Crippen molar-refractivity contribution in [2.45, 2.75) is 0 Å². The van der Waals surface area contributed by atoms with Gasteiger partial charge < -0.3 is 0 Å². The highest BCUT2D eigenvalue weighted by atomic mass is 35.5. The van der Waals surface area contributed by atoms with Crippen LogP contribution in [0.3, 0.4) is 0 Å². The number of nitrogens with one attached hydrogen (secondary N) is 1. The molecule has 1 amide bonds. The highest BCUT2D eigenvalue weighted by molar-refractivity contribution is 6.29. The number of anilines is 1. The Morgan fingerprint density at radius 2 is 2.21 bits per heavy atom. The Morgan fingerprint density at radius 3 is 3.05 bits per heavy atom. The highest BCUT2D eigenvalue weighted by Gasteiger charge is 2.13. The molecule has 19 heavy (non-hydrogen) atoms. The van der Waals surface area contributed by atoms with Gasteiger partial charge in [-0.1, -0.05) is 17.7 Å². The number of aromatic nitrogens is 4. The number of nitrogens with zero attached hydrogens (tertiary/aromatic N) is 4. The molecule has 0 atom stereocenters. The summed E-state index contributed by atoms with van der Waals surface area (Å²) in [4.78, 5) is 19.9. The lowest BCUT2D eigenvalue weighted by Crippen LogP contribution is -2.13. The number of rotatable bonds is 2. The van der Waals surface area contributed by atoms with E-state index in [4.69, 9.17) is 11.6 Å². The van der Waals surface area contributed by atoms with Gasteiger partial charge in [0.2, 0.25) is 5.95 Å². The molecule has 1 N–H and O–H groups in total. The van der Waals surface area contributed by atoms with E-state index in [2.05, 4.69) is 20.4 Å². The van der Waals surface area contributed by atoms with Crippen LogP contribution in [0, 0.1) is 0 Å². The number of amides is 1. The monoisotopic (exact) mass is 273 g/mol. The molecule has 0 saturated carbocycles. The maximum atomic E-state index is 12.1. The average molecular weight is 274 g/mol. The smallest absolute Gasteiger partial charge is 0.261 e. The molecule has 0 aliphatic rings. The molecule has 3 heterocycles. The third kappa shape index (κ3) is 2.25. The molecule has 6 nitrogen and oxygen atoms in total. The van der Waals surface area contributed by atoms with Gasteiger partial charge in [-0.15, -0.1) is 0 Å². The Kier molecular flexibility index (Phi) is 2.85. The predicted molar refractivity (Wildman–Crippen MR) is 70.2 cm³/mol. The molecule has 0 fully saturated rings. The van der Waals surface area contributed by atoms with Crippen molar-refractivity contribution in [1.82, 2.24) is 19.6 Å². The van der Waals surface area contributed by atoms with E-state index >= 15 is 0 Å². The third-order valence-electron chi connectivity index (χ3n) is 2.52. The van der Waals surface area contributed by atoms with Gasteiger partial charge >= 0.3 is 0 Å². The van der Waals surface area contributed by atoms with Crippen LogP contribution in [-0.2, 0) is 0 Å². The molecule has 0 aliphatic carbocycles. The molecule has 0 radical (unpaired) electrons. The van der Waals surface area contributed by atoms with Crippen LogP contribution < -0.4 is 5.32 Å². The van der Waals surface area contributed by atoms with Gasteiger partial charge in [0, 0.05) is 12.4 Å². The largest absolute Gasteiger partial charge is 0.290 e. The van der Waals surface area contributed by atoms with Crippen molar-refractivity contribution in [3.05, 3.63) is 53.6 Å². The molecule has 0 spiro atoms. The molecule has 3 aromatic rings. The number of hydrogen-bond donors (Lipinski definition) is 1. The van der Waals surface area contributed by atoms with E-state index in [-0.39, 0.29) is 17.0 Å². The quantitative estimate of drug-likeness (QED) is 0.725. The number of carbonyl (C=O) groups is 1. The lowest BCUT2D eigenvalue weighted by Gasteiger charge is -2.02. The normalized spacial score (nSPS) is 10.6. The first-order valence-electron chi connectivity index (χ1n) is 5.46. The minimum atomic E-state index is -0.330. The van der Waals surface area contributed by atoms with Crippen LogP contribution in [0.25, 0.3) is 5.52 Å². The zero-order valence-electron chi connectivity index (χ0n) is 9.62. The van der Waals surface area contributed by atoms with Crippen LogP contribution in [0.2, 0.25) is 5.15 Å². The number of halogens is 1. The fraction of sp³-hybridized carbons (Fsp3) is 0. The number of carbonyl (C=O) groups excluding carboxylic acids is 1. The lowest BCUT2D eigenvalue weighted by molar-refractivity contribution is 0.102. The molecule has 0 aromatic carbocycles. The Morgan fingerprint density at radius 1 is 1.32 bits per heavy atom. The summed E-state index contributed by atoms with van der Waals surface area (Å²) in [6.07, 6.45) is 4.73. The zero-order chi connectivity index (χ0) is 13.2. The van der Waals surface area contributed by atoms with Crippen molar-refractivity contribution < 1.29 is 4.79 Å². The summed E-state index contributed by atoms with van der Waals surface area (Å²) < 4.78 is 1.62. The minimum Gasteiger partial charge on any atom is -0.290 e. The van der Waals surface area contributed by atoms with E-state index in [1.54, 1.807) is 16.8 Å². The SMILES string of the molecule is O=C(Nc1nccc(Cl)n1)c1cnn2ccccc12. The molecular formula is C12H8ClN5O. The third-order valence-corrected chi connectivity index (χ3v) is 2.73. The van der Waals surface area contributed by atoms with Crippen molar-refractivity contribution >= 4 is 29.0 Å². The van der Waals surface area contributed by atoms with Crippen molar-refractivity contribution in [3.8, 4) is 0 Å². The van der Waals surface area contributed by atoms with E-state index < -0.39 is 0 Å². The van der Waals surface area contributed by atoms with Gasteiger partial charge in [-0.05, 0) is 18.2 Å². The Bertz CT molecular complexity index is 754. The minimum absolute atomic E-state index is 0.160. The second-order valence-corrected chi connectivity index (χ2v) is 4.13. The number of hydrogen-bond acceptors (Lipinski definition) is 4. The Labute approximate surface area is 113 Å². The highest BCUT2D eigenvalue weighted by Crippen LogP contribution is 2.12. The van der Waals surface area contributed by atoms with Crippen LogP contribution >= 0.6 is 11.6 Å². The molecule has 3 aromatic heterocycles. The topological polar surface area (TPSA) is 72.2 Å². The van der Waals surface area contributed by atoms with E-state index in [1.807, 2.05) is 12.1 Å². The molecule has 0 bridgehead atoms. The first-order valence-corrected chi connectivity index (χ1v) is 5.84. The molecule has 3 rings (SSSR count). The first kappa shape index (κ1) is 11.6. The maximum Gasteiger partial charge on any atom is 0.261 e. The van der Waals surface area contributed by atoms with E-state index in [9.17, 15) is 4.79 Å². The summed E-state index contributed by atoms with van der Waals surface area (Å²) in [5.41, 5.74) is 1.16. The van der Waals surface area contributed by atoms with Crippen LogP contribution in [-0.4, -0.2) is 25.5 Å². The molecule has 0 aliphatic heterocycles. The van der Waals surface area contributed by atoms with E-state index in [0.29, 0.717) is 11.1 Å². The van der Waals surface area contributed by atoms with Gasteiger partial charge in [-0.3, -0.25) is 10.1 Å². The van der Waals surface area contributed by atoms with Crippen LogP contribution in [0.5, 0.6) is 0 Å². The van der Waals surface area contributed by atoms with E-state index in [0.717, 1.165) is 0 Å². The predicted octanol–water partition coefficient (Wildman–Crippen LogP) is 2.03. The summed E-state index contributed by atoms with van der Waals surface area (Å²) >= 11 is 5.73. The molecule has 0 saturated heterocycles. The zero-order valence-corrected chi connectivity index (χ0v) is 10.4. The summed E-state index contributed by atoms with van der Waals surface area (Å²) in [5, 5.41) is 6.93. The summed E-state index contributed by atoms with van der Waals surface area (Å²) in [7, 11) is 0. The van der Waals surface area contributed by atoms with Crippen molar-refractivity contribution in [2.75, 3.05) is 5.32 Å². The number of pyridine rings is 1. The molecule has 94 valence electrons. The van der Waals surface area contributed by atoms with Crippen LogP contribution in [0.15, 0.2) is 42.9 Å². The average Bonchev–Trinajstić information content (AvgIpc) is 2.82. The standard InChI is InChI=1S/C12H8ClN5O/c13-10-4-5-14-12(16-10)17-11(19)8-7-15-18-6-2-1-3-9(8)18/h1-7H,(H,14,16,17,19). The summed E-state index contributed by atoms with van der Waals surface area (Å²) in [5.74, 6) is -0.170. The van der Waals surface area contributed by atoms with Crippen molar-refractivity contribution in [3.63, 3.8) is 0 Å². The summed E-state index contributed by atoms with van der Waals surface area (Å²) in [6.45, 7) is 0. The van der Waals surface area contributed by atoms with Gasteiger partial charge in [0.15, 0.2) is 0 Å². The molecular weight excluding hydrogens is 266 g/mol. The van der Waals surface area contributed by atoms with Crippen LogP contribution in [0.4, 0.5) is 5.95 Å². The molecule has 0 unspecified atom stereocenters. The second kappa shape index (κ2) is 4.66. The van der Waals surface area contributed by atoms with Gasteiger partial charge in [-0.2, -0.15) is 5.10 Å². The van der Waals surface area contributed by atoms with Gasteiger partial charge in [0.05, 0.1) is 17.3 Å². The Hall–Kier alpha value is -2.47. The van der Waals surface area contributed by atoms with Gasteiger partial charge in [0.25, 0.3) is 5.91 Å².